The highest BCUT2D eigenvalue weighted by Crippen LogP contribution is 2.31. The Kier molecular flexibility index (Phi) is 7.26. The number of benzene rings is 2. The third-order valence-electron chi connectivity index (χ3n) is 5.80. The normalized spacial score (nSPS) is 19.6. The molecule has 0 aliphatic carbocycles. The van der Waals surface area contributed by atoms with Gasteiger partial charge in [0.2, 0.25) is 5.91 Å². The molecule has 0 N–H and O–H groups in total. The van der Waals surface area contributed by atoms with Crippen molar-refractivity contribution in [3.8, 4) is 0 Å². The van der Waals surface area contributed by atoms with Crippen molar-refractivity contribution in [1.29, 1.82) is 0 Å². The smallest absolute Gasteiger partial charge is 0.223 e. The van der Waals surface area contributed by atoms with E-state index in [-0.39, 0.29) is 23.5 Å². The van der Waals surface area contributed by atoms with Crippen molar-refractivity contribution in [2.75, 3.05) is 13.7 Å². The summed E-state index contributed by atoms with van der Waals surface area (Å²) in [6, 6.07) is 15.8. The molecule has 1 saturated heterocycles. The summed E-state index contributed by atoms with van der Waals surface area (Å²) in [5, 5.41) is 1.43. The standard InChI is InChI=1S/C24H29Cl2NO2/c1-24(2)16-21(12-13-29-24)27(3)23(28)15-19(17-8-10-20(25)11-9-17)14-18-6-4-5-7-22(18)26/h4-11,19,21H,12-16H2,1-3H3/t19-,21+/m0/s1. The van der Waals surface area contributed by atoms with Gasteiger partial charge in [-0.15, -0.1) is 0 Å². The average Bonchev–Trinajstić information content (AvgIpc) is 2.68. The first kappa shape index (κ1) is 22.1. The summed E-state index contributed by atoms with van der Waals surface area (Å²) in [4.78, 5) is 15.1. The van der Waals surface area contributed by atoms with E-state index < -0.39 is 0 Å². The first-order valence-electron chi connectivity index (χ1n) is 10.1. The molecule has 0 unspecified atom stereocenters. The van der Waals surface area contributed by atoms with Gasteiger partial charge in [0.05, 0.1) is 5.60 Å². The zero-order valence-corrected chi connectivity index (χ0v) is 18.8. The van der Waals surface area contributed by atoms with Crippen LogP contribution >= 0.6 is 23.2 Å². The monoisotopic (exact) mass is 433 g/mol. The second kappa shape index (κ2) is 9.51. The van der Waals surface area contributed by atoms with E-state index in [1.54, 1.807) is 0 Å². The lowest BCUT2D eigenvalue weighted by Gasteiger charge is -2.40. The van der Waals surface area contributed by atoms with Crippen molar-refractivity contribution in [1.82, 2.24) is 4.90 Å². The maximum atomic E-state index is 13.2. The van der Waals surface area contributed by atoms with E-state index in [0.29, 0.717) is 24.5 Å². The van der Waals surface area contributed by atoms with Crippen LogP contribution in [0.3, 0.4) is 0 Å². The molecule has 0 radical (unpaired) electrons. The highest BCUT2D eigenvalue weighted by molar-refractivity contribution is 6.31. The Hall–Kier alpha value is -1.55. The molecule has 2 aromatic rings. The lowest BCUT2D eigenvalue weighted by Crippen LogP contribution is -2.47. The SMILES string of the molecule is CN(C(=O)C[C@H](Cc1ccccc1Cl)c1ccc(Cl)cc1)[C@@H]1CCOC(C)(C)C1. The van der Waals surface area contributed by atoms with E-state index in [1.165, 1.54) is 0 Å². The molecule has 3 rings (SSSR count). The summed E-state index contributed by atoms with van der Waals surface area (Å²) < 4.78 is 5.81. The van der Waals surface area contributed by atoms with Gasteiger partial charge in [0.25, 0.3) is 0 Å². The van der Waals surface area contributed by atoms with E-state index in [4.69, 9.17) is 27.9 Å². The van der Waals surface area contributed by atoms with Gasteiger partial charge in [-0.05, 0) is 68.4 Å². The van der Waals surface area contributed by atoms with Gasteiger partial charge in [0.1, 0.15) is 0 Å². The lowest BCUT2D eigenvalue weighted by molar-refractivity contribution is -0.138. The molecular formula is C24H29Cl2NO2. The highest BCUT2D eigenvalue weighted by Gasteiger charge is 2.33. The van der Waals surface area contributed by atoms with E-state index >= 15 is 0 Å². The predicted octanol–water partition coefficient (Wildman–Crippen LogP) is 6.13. The minimum Gasteiger partial charge on any atom is -0.375 e. The third kappa shape index (κ3) is 5.97. The van der Waals surface area contributed by atoms with E-state index in [2.05, 4.69) is 13.8 Å². The number of hydrogen-bond acceptors (Lipinski definition) is 2. The van der Waals surface area contributed by atoms with Crippen LogP contribution in [-0.4, -0.2) is 36.1 Å². The van der Waals surface area contributed by atoms with Gasteiger partial charge < -0.3 is 9.64 Å². The van der Waals surface area contributed by atoms with Crippen molar-refractivity contribution in [2.45, 2.75) is 57.1 Å². The minimum absolute atomic E-state index is 0.0370. The van der Waals surface area contributed by atoms with Crippen LogP contribution in [0.15, 0.2) is 48.5 Å². The fourth-order valence-corrected chi connectivity index (χ4v) is 4.40. The summed E-state index contributed by atoms with van der Waals surface area (Å²) in [7, 11) is 1.92. The topological polar surface area (TPSA) is 29.5 Å². The molecule has 0 spiro atoms. The van der Waals surface area contributed by atoms with Crippen LogP contribution in [0.2, 0.25) is 10.0 Å². The zero-order chi connectivity index (χ0) is 21.0. The Morgan fingerprint density at radius 1 is 1.17 bits per heavy atom. The molecule has 3 nitrogen and oxygen atoms in total. The summed E-state index contributed by atoms with van der Waals surface area (Å²) in [6.07, 6.45) is 2.87. The number of carbonyl (C=O) groups excluding carboxylic acids is 1. The predicted molar refractivity (Wildman–Crippen MR) is 120 cm³/mol. The van der Waals surface area contributed by atoms with Crippen LogP contribution in [0, 0.1) is 0 Å². The van der Waals surface area contributed by atoms with Gasteiger partial charge in [-0.25, -0.2) is 0 Å². The molecule has 5 heteroatoms. The zero-order valence-electron chi connectivity index (χ0n) is 17.3. The molecule has 1 fully saturated rings. The number of rotatable bonds is 6. The summed E-state index contributed by atoms with van der Waals surface area (Å²) in [5.74, 6) is 0.190. The maximum Gasteiger partial charge on any atom is 0.223 e. The summed E-state index contributed by atoms with van der Waals surface area (Å²) in [6.45, 7) is 4.87. The maximum absolute atomic E-state index is 13.2. The highest BCUT2D eigenvalue weighted by atomic mass is 35.5. The van der Waals surface area contributed by atoms with E-state index in [1.807, 2.05) is 60.5 Å². The molecule has 1 amide bonds. The number of hydrogen-bond donors (Lipinski definition) is 0. The fourth-order valence-electron chi connectivity index (χ4n) is 4.06. The van der Waals surface area contributed by atoms with Crippen molar-refractivity contribution in [2.24, 2.45) is 0 Å². The van der Waals surface area contributed by atoms with E-state index in [9.17, 15) is 4.79 Å². The quantitative estimate of drug-likeness (QED) is 0.548. The number of carbonyl (C=O) groups is 1. The second-order valence-electron chi connectivity index (χ2n) is 8.51. The van der Waals surface area contributed by atoms with Gasteiger partial charge in [0, 0.05) is 36.2 Å². The Balaban J connectivity index is 1.77. The number of halogens is 2. The largest absolute Gasteiger partial charge is 0.375 e. The minimum atomic E-state index is -0.190. The van der Waals surface area contributed by atoms with Gasteiger partial charge in [-0.1, -0.05) is 53.5 Å². The molecule has 156 valence electrons. The Morgan fingerprint density at radius 2 is 1.86 bits per heavy atom. The molecular weight excluding hydrogens is 405 g/mol. The molecule has 2 aromatic carbocycles. The van der Waals surface area contributed by atoms with Gasteiger partial charge in [-0.2, -0.15) is 0 Å². The van der Waals surface area contributed by atoms with Crippen LogP contribution in [0.1, 0.15) is 50.2 Å². The fraction of sp³-hybridized carbons (Fsp3) is 0.458. The van der Waals surface area contributed by atoms with Crippen LogP contribution in [-0.2, 0) is 16.0 Å². The number of amides is 1. The first-order chi connectivity index (χ1) is 13.7. The average molecular weight is 434 g/mol. The van der Waals surface area contributed by atoms with Gasteiger partial charge in [0.15, 0.2) is 0 Å². The first-order valence-corrected chi connectivity index (χ1v) is 10.9. The van der Waals surface area contributed by atoms with Crippen LogP contribution in [0.25, 0.3) is 0 Å². The van der Waals surface area contributed by atoms with Gasteiger partial charge in [-0.3, -0.25) is 4.79 Å². The summed E-state index contributed by atoms with van der Waals surface area (Å²) >= 11 is 12.5. The number of nitrogens with zero attached hydrogens (tertiary/aromatic N) is 1. The van der Waals surface area contributed by atoms with Gasteiger partial charge >= 0.3 is 0 Å². The van der Waals surface area contributed by atoms with Crippen LogP contribution in [0.5, 0.6) is 0 Å². The Labute approximate surface area is 184 Å². The lowest BCUT2D eigenvalue weighted by atomic mass is 9.88. The third-order valence-corrected chi connectivity index (χ3v) is 6.42. The van der Waals surface area contributed by atoms with Crippen molar-refractivity contribution < 1.29 is 9.53 Å². The number of ether oxygens (including phenoxy) is 1. The molecule has 0 saturated carbocycles. The summed E-state index contributed by atoms with van der Waals surface area (Å²) in [5.41, 5.74) is 1.96. The molecule has 0 aromatic heterocycles. The molecule has 29 heavy (non-hydrogen) atoms. The molecule has 0 bridgehead atoms. The van der Waals surface area contributed by atoms with Crippen LogP contribution < -0.4 is 0 Å². The van der Waals surface area contributed by atoms with Crippen LogP contribution in [0.4, 0.5) is 0 Å². The second-order valence-corrected chi connectivity index (χ2v) is 9.35. The molecule has 1 heterocycles. The van der Waals surface area contributed by atoms with Crippen molar-refractivity contribution in [3.05, 3.63) is 69.7 Å². The molecule has 1 aliphatic heterocycles. The molecule has 2 atom stereocenters. The van der Waals surface area contributed by atoms with E-state index in [0.717, 1.165) is 29.0 Å². The van der Waals surface area contributed by atoms with Crippen molar-refractivity contribution >= 4 is 29.1 Å². The van der Waals surface area contributed by atoms with Crippen molar-refractivity contribution in [3.63, 3.8) is 0 Å². The Bertz CT molecular complexity index is 835. The Morgan fingerprint density at radius 3 is 2.52 bits per heavy atom. The molecule has 1 aliphatic rings.